The Morgan fingerprint density at radius 2 is 0.529 bits per heavy atom. The Morgan fingerprint density at radius 3 is 0.882 bits per heavy atom. The van der Waals surface area contributed by atoms with E-state index >= 15 is 0 Å². The van der Waals surface area contributed by atoms with E-state index in [4.69, 9.17) is 14.2 Å². The van der Waals surface area contributed by atoms with Gasteiger partial charge in [0, 0.05) is 19.3 Å². The number of rotatable bonds is 53. The second-order valence-corrected chi connectivity index (χ2v) is 19.6. The molecule has 1 atom stereocenters. The minimum absolute atomic E-state index is 0.0866. The molecule has 0 aliphatic carbocycles. The van der Waals surface area contributed by atoms with Crippen molar-refractivity contribution in [2.45, 2.75) is 303 Å². The standard InChI is InChI=1S/C62H110O6/c1-4-7-10-13-16-19-22-25-27-29-31-33-35-37-40-43-46-49-52-55-61(64)67-58-59(57-66-60(63)54-51-48-45-42-39-24-21-18-15-12-9-6-3)68-62(65)56-53-50-47-44-41-38-36-34-32-30-28-26-23-20-17-14-11-8-5-2/h16,18-19,21,25,27,31,33,37,40,59H,4-15,17,20,22-24,26,28-30,32,34-36,38-39,41-58H2,1-3H3/b19-16-,21-18-,27-25-,33-31-,40-37-/t59-/m1/s1. The number of hydrogen-bond donors (Lipinski definition) is 0. The van der Waals surface area contributed by atoms with Crippen LogP contribution in [0.15, 0.2) is 60.8 Å². The molecule has 68 heavy (non-hydrogen) atoms. The third-order valence-electron chi connectivity index (χ3n) is 12.7. The van der Waals surface area contributed by atoms with E-state index in [0.717, 1.165) is 89.9 Å². The SMILES string of the molecule is CCCCC/C=C\C/C=C\C/C=C\C/C=C\CCCCCC(=O)OC[C@@H](COC(=O)CCCCCCC/C=C\CCCCC)OC(=O)CCCCCCCCCCCCCCCCCCCCC. The number of esters is 3. The molecule has 0 aromatic carbocycles. The van der Waals surface area contributed by atoms with Crippen molar-refractivity contribution in [3.63, 3.8) is 0 Å². The Balaban J connectivity index is 4.38. The smallest absolute Gasteiger partial charge is 0.306 e. The van der Waals surface area contributed by atoms with Gasteiger partial charge in [-0.2, -0.15) is 0 Å². The molecule has 0 bridgehead atoms. The van der Waals surface area contributed by atoms with E-state index in [9.17, 15) is 14.4 Å². The summed E-state index contributed by atoms with van der Waals surface area (Å²) in [5, 5.41) is 0. The normalized spacial score (nSPS) is 12.5. The van der Waals surface area contributed by atoms with Gasteiger partial charge in [0.1, 0.15) is 13.2 Å². The Bertz CT molecular complexity index is 1230. The van der Waals surface area contributed by atoms with Gasteiger partial charge in [-0.3, -0.25) is 14.4 Å². The molecule has 0 aliphatic heterocycles. The van der Waals surface area contributed by atoms with Gasteiger partial charge < -0.3 is 14.2 Å². The highest BCUT2D eigenvalue weighted by Gasteiger charge is 2.19. The fraction of sp³-hybridized carbons (Fsp3) is 0.790. The van der Waals surface area contributed by atoms with E-state index in [0.29, 0.717) is 19.3 Å². The van der Waals surface area contributed by atoms with Gasteiger partial charge in [-0.25, -0.2) is 0 Å². The number of unbranched alkanes of at least 4 members (excludes halogenated alkanes) is 32. The summed E-state index contributed by atoms with van der Waals surface area (Å²) in [4.78, 5) is 38.1. The van der Waals surface area contributed by atoms with Crippen molar-refractivity contribution in [2.75, 3.05) is 13.2 Å². The monoisotopic (exact) mass is 951 g/mol. The van der Waals surface area contributed by atoms with Crippen LogP contribution in [0.5, 0.6) is 0 Å². The lowest BCUT2D eigenvalue weighted by molar-refractivity contribution is -0.167. The third-order valence-corrected chi connectivity index (χ3v) is 12.7. The highest BCUT2D eigenvalue weighted by molar-refractivity contribution is 5.71. The number of hydrogen-bond acceptors (Lipinski definition) is 6. The summed E-state index contributed by atoms with van der Waals surface area (Å²) in [5.41, 5.74) is 0. The van der Waals surface area contributed by atoms with Crippen molar-refractivity contribution in [3.05, 3.63) is 60.8 Å². The predicted molar refractivity (Wildman–Crippen MR) is 293 cm³/mol. The first-order valence-corrected chi connectivity index (χ1v) is 29.3. The van der Waals surface area contributed by atoms with Crippen LogP contribution in [-0.4, -0.2) is 37.2 Å². The molecular formula is C62H110O6. The van der Waals surface area contributed by atoms with Crippen LogP contribution in [0.3, 0.4) is 0 Å². The van der Waals surface area contributed by atoms with Crippen molar-refractivity contribution in [1.82, 2.24) is 0 Å². The molecule has 0 radical (unpaired) electrons. The minimum atomic E-state index is -0.789. The zero-order valence-corrected chi connectivity index (χ0v) is 45.1. The highest BCUT2D eigenvalue weighted by atomic mass is 16.6. The molecule has 0 unspecified atom stereocenters. The summed E-state index contributed by atoms with van der Waals surface area (Å²) < 4.78 is 16.8. The lowest BCUT2D eigenvalue weighted by Crippen LogP contribution is -2.30. The van der Waals surface area contributed by atoms with Gasteiger partial charge in [0.2, 0.25) is 0 Å². The first-order valence-electron chi connectivity index (χ1n) is 29.3. The summed E-state index contributed by atoms with van der Waals surface area (Å²) >= 11 is 0. The van der Waals surface area contributed by atoms with E-state index in [1.165, 1.54) is 167 Å². The third kappa shape index (κ3) is 54.1. The maximum atomic E-state index is 12.9. The molecule has 0 N–H and O–H groups in total. The van der Waals surface area contributed by atoms with Gasteiger partial charge in [-0.1, -0.05) is 248 Å². The van der Waals surface area contributed by atoms with Crippen molar-refractivity contribution >= 4 is 17.9 Å². The molecule has 0 heterocycles. The van der Waals surface area contributed by atoms with E-state index in [2.05, 4.69) is 81.5 Å². The molecule has 0 saturated heterocycles. The van der Waals surface area contributed by atoms with Crippen LogP contribution in [0.1, 0.15) is 297 Å². The summed E-state index contributed by atoms with van der Waals surface area (Å²) in [6.45, 7) is 6.58. The molecule has 0 spiro atoms. The first-order chi connectivity index (χ1) is 33.5. The van der Waals surface area contributed by atoms with Crippen LogP contribution in [0.25, 0.3) is 0 Å². The van der Waals surface area contributed by atoms with Crippen molar-refractivity contribution < 1.29 is 28.6 Å². The number of carbonyl (C=O) groups excluding carboxylic acids is 3. The molecule has 0 aromatic rings. The minimum Gasteiger partial charge on any atom is -0.462 e. The molecule has 0 rings (SSSR count). The average Bonchev–Trinajstić information content (AvgIpc) is 3.34. The largest absolute Gasteiger partial charge is 0.462 e. The Hall–Kier alpha value is -2.89. The Labute approximate surface area is 421 Å². The van der Waals surface area contributed by atoms with Crippen LogP contribution >= 0.6 is 0 Å². The molecule has 0 saturated carbocycles. The van der Waals surface area contributed by atoms with Crippen LogP contribution < -0.4 is 0 Å². The second kappa shape index (κ2) is 56.7. The zero-order chi connectivity index (χ0) is 49.3. The van der Waals surface area contributed by atoms with E-state index in [1.54, 1.807) is 0 Å². The topological polar surface area (TPSA) is 78.9 Å². The number of allylic oxidation sites excluding steroid dienone is 10. The molecule has 6 nitrogen and oxygen atoms in total. The van der Waals surface area contributed by atoms with E-state index in [-0.39, 0.29) is 31.1 Å². The molecule has 394 valence electrons. The maximum absolute atomic E-state index is 12.9. The summed E-state index contributed by atoms with van der Waals surface area (Å²) in [6, 6.07) is 0. The highest BCUT2D eigenvalue weighted by Crippen LogP contribution is 2.16. The van der Waals surface area contributed by atoms with Gasteiger partial charge >= 0.3 is 17.9 Å². The van der Waals surface area contributed by atoms with Crippen molar-refractivity contribution in [2.24, 2.45) is 0 Å². The summed E-state index contributed by atoms with van der Waals surface area (Å²) in [5.74, 6) is -0.914. The molecule has 0 amide bonds. The Kier molecular flexibility index (Phi) is 54.3. The maximum Gasteiger partial charge on any atom is 0.306 e. The van der Waals surface area contributed by atoms with Crippen LogP contribution in [0.2, 0.25) is 0 Å². The first kappa shape index (κ1) is 65.1. The fourth-order valence-corrected chi connectivity index (χ4v) is 8.30. The lowest BCUT2D eigenvalue weighted by Gasteiger charge is -2.18. The molecular weight excluding hydrogens is 841 g/mol. The van der Waals surface area contributed by atoms with Gasteiger partial charge in [0.25, 0.3) is 0 Å². The van der Waals surface area contributed by atoms with Gasteiger partial charge in [0.05, 0.1) is 0 Å². The predicted octanol–water partition coefficient (Wildman–Crippen LogP) is 19.6. The van der Waals surface area contributed by atoms with Crippen molar-refractivity contribution in [3.8, 4) is 0 Å². The number of ether oxygens (including phenoxy) is 3. The quantitative estimate of drug-likeness (QED) is 0.0262. The summed E-state index contributed by atoms with van der Waals surface area (Å²) in [7, 11) is 0. The van der Waals surface area contributed by atoms with Crippen LogP contribution in [-0.2, 0) is 28.6 Å². The van der Waals surface area contributed by atoms with E-state index in [1.807, 2.05) is 0 Å². The molecule has 0 aliphatic rings. The van der Waals surface area contributed by atoms with E-state index < -0.39 is 6.10 Å². The lowest BCUT2D eigenvalue weighted by atomic mass is 10.0. The van der Waals surface area contributed by atoms with Crippen LogP contribution in [0, 0.1) is 0 Å². The number of carbonyl (C=O) groups is 3. The van der Waals surface area contributed by atoms with Gasteiger partial charge in [-0.15, -0.1) is 0 Å². The average molecular weight is 952 g/mol. The zero-order valence-electron chi connectivity index (χ0n) is 45.1. The van der Waals surface area contributed by atoms with Crippen molar-refractivity contribution in [1.29, 1.82) is 0 Å². The van der Waals surface area contributed by atoms with Crippen LogP contribution in [0.4, 0.5) is 0 Å². The molecule has 0 fully saturated rings. The molecule has 0 aromatic heterocycles. The molecule has 6 heteroatoms. The van der Waals surface area contributed by atoms with Gasteiger partial charge in [0.15, 0.2) is 6.10 Å². The second-order valence-electron chi connectivity index (χ2n) is 19.6. The summed E-state index contributed by atoms with van der Waals surface area (Å²) in [6.07, 6.45) is 70.7. The van der Waals surface area contributed by atoms with Gasteiger partial charge in [-0.05, 0) is 89.9 Å². The Morgan fingerprint density at radius 1 is 0.294 bits per heavy atom. The fourth-order valence-electron chi connectivity index (χ4n) is 8.30.